The summed E-state index contributed by atoms with van der Waals surface area (Å²) in [5.41, 5.74) is 2.56. The Morgan fingerprint density at radius 3 is 2.68 bits per heavy atom. The number of hydrogen-bond acceptors (Lipinski definition) is 4. The van der Waals surface area contributed by atoms with Crippen molar-refractivity contribution in [2.24, 2.45) is 0 Å². The van der Waals surface area contributed by atoms with Crippen LogP contribution in [0.4, 0.5) is 5.69 Å². The first-order valence-corrected chi connectivity index (χ1v) is 6.43. The van der Waals surface area contributed by atoms with E-state index in [9.17, 15) is 9.59 Å². The van der Waals surface area contributed by atoms with Crippen LogP contribution in [0.25, 0.3) is 0 Å². The quantitative estimate of drug-likeness (QED) is 0.903. The van der Waals surface area contributed by atoms with Crippen molar-refractivity contribution in [1.29, 1.82) is 0 Å². The van der Waals surface area contributed by atoms with Crippen LogP contribution in [0.1, 0.15) is 31.4 Å². The third-order valence-corrected chi connectivity index (χ3v) is 3.40. The Morgan fingerprint density at radius 2 is 2.05 bits per heavy atom. The van der Waals surface area contributed by atoms with E-state index in [1.54, 1.807) is 0 Å². The number of aryl methyl sites for hydroxylation is 2. The van der Waals surface area contributed by atoms with Gasteiger partial charge in [0.05, 0.1) is 0 Å². The largest absolute Gasteiger partial charge is 0.476 e. The number of hydrogen-bond donors (Lipinski definition) is 2. The molecule has 0 radical (unpaired) electrons. The highest BCUT2D eigenvalue weighted by Gasteiger charge is 2.15. The second-order valence-electron chi connectivity index (χ2n) is 4.12. The second-order valence-corrected chi connectivity index (χ2v) is 4.97. The molecule has 6 heteroatoms. The van der Waals surface area contributed by atoms with E-state index in [1.165, 1.54) is 5.38 Å². The van der Waals surface area contributed by atoms with E-state index in [4.69, 9.17) is 5.11 Å². The number of carbonyl (C=O) groups excluding carboxylic acids is 1. The van der Waals surface area contributed by atoms with E-state index in [0.717, 1.165) is 22.5 Å². The molecule has 0 spiro atoms. The van der Waals surface area contributed by atoms with Crippen LogP contribution in [0.5, 0.6) is 0 Å². The van der Waals surface area contributed by atoms with Crippen LogP contribution in [0, 0.1) is 13.8 Å². The van der Waals surface area contributed by atoms with Gasteiger partial charge in [-0.2, -0.15) is 0 Å². The lowest BCUT2D eigenvalue weighted by atomic mass is 10.1. The molecule has 19 heavy (non-hydrogen) atoms. The summed E-state index contributed by atoms with van der Waals surface area (Å²) in [6, 6.07) is 5.73. The van der Waals surface area contributed by atoms with E-state index < -0.39 is 11.9 Å². The number of carbonyl (C=O) groups is 2. The molecule has 0 aliphatic heterocycles. The van der Waals surface area contributed by atoms with Crippen LogP contribution in [-0.2, 0) is 0 Å². The summed E-state index contributed by atoms with van der Waals surface area (Å²) >= 11 is 1.01. The summed E-state index contributed by atoms with van der Waals surface area (Å²) in [5.74, 6) is -1.53. The Morgan fingerprint density at radius 1 is 1.32 bits per heavy atom. The smallest absolute Gasteiger partial charge is 0.355 e. The van der Waals surface area contributed by atoms with Gasteiger partial charge in [-0.25, -0.2) is 9.78 Å². The van der Waals surface area contributed by atoms with E-state index >= 15 is 0 Å². The third kappa shape index (κ3) is 2.97. The summed E-state index contributed by atoms with van der Waals surface area (Å²) in [6.45, 7) is 3.82. The summed E-state index contributed by atoms with van der Waals surface area (Å²) < 4.78 is 0. The molecule has 1 heterocycles. The standard InChI is InChI=1S/C13H12N2O3S/c1-7-3-4-8(2)9(5-7)14-11(16)12-15-10(6-19-12)13(17)18/h3-6H,1-2H3,(H,14,16)(H,17,18). The molecule has 0 saturated carbocycles. The fourth-order valence-corrected chi connectivity index (χ4v) is 2.21. The molecule has 1 aromatic carbocycles. The number of amides is 1. The summed E-state index contributed by atoms with van der Waals surface area (Å²) in [7, 11) is 0. The fraction of sp³-hybridized carbons (Fsp3) is 0.154. The first-order chi connectivity index (χ1) is 8.97. The molecule has 5 nitrogen and oxygen atoms in total. The molecule has 0 unspecified atom stereocenters. The van der Waals surface area contributed by atoms with Crippen LogP contribution >= 0.6 is 11.3 Å². The summed E-state index contributed by atoms with van der Waals surface area (Å²) in [5, 5.41) is 13.0. The zero-order valence-corrected chi connectivity index (χ0v) is 11.2. The predicted octanol–water partition coefficient (Wildman–Crippen LogP) is 2.71. The van der Waals surface area contributed by atoms with Crippen molar-refractivity contribution in [2.75, 3.05) is 5.32 Å². The molecule has 0 bridgehead atoms. The number of nitrogens with one attached hydrogen (secondary N) is 1. The van der Waals surface area contributed by atoms with Crippen LogP contribution < -0.4 is 5.32 Å². The summed E-state index contributed by atoms with van der Waals surface area (Å²) in [6.07, 6.45) is 0. The van der Waals surface area contributed by atoms with Crippen molar-refractivity contribution in [3.8, 4) is 0 Å². The number of thiazole rings is 1. The predicted molar refractivity (Wildman–Crippen MR) is 72.9 cm³/mol. The van der Waals surface area contributed by atoms with E-state index in [-0.39, 0.29) is 10.7 Å². The van der Waals surface area contributed by atoms with Gasteiger partial charge in [-0.15, -0.1) is 11.3 Å². The topological polar surface area (TPSA) is 79.3 Å². The Kier molecular flexibility index (Phi) is 3.62. The fourth-order valence-electron chi connectivity index (χ4n) is 1.52. The molecular formula is C13H12N2O3S. The lowest BCUT2D eigenvalue weighted by Gasteiger charge is -2.07. The third-order valence-electron chi connectivity index (χ3n) is 2.56. The van der Waals surface area contributed by atoms with E-state index in [2.05, 4.69) is 10.3 Å². The molecule has 0 aliphatic carbocycles. The van der Waals surface area contributed by atoms with Gasteiger partial charge in [0, 0.05) is 11.1 Å². The average molecular weight is 276 g/mol. The molecule has 0 saturated heterocycles. The molecule has 1 amide bonds. The van der Waals surface area contributed by atoms with Crippen molar-refractivity contribution in [1.82, 2.24) is 4.98 Å². The lowest BCUT2D eigenvalue weighted by Crippen LogP contribution is -2.13. The molecule has 2 N–H and O–H groups in total. The molecule has 0 aliphatic rings. The van der Waals surface area contributed by atoms with Gasteiger partial charge in [-0.3, -0.25) is 4.79 Å². The van der Waals surface area contributed by atoms with Gasteiger partial charge in [-0.05, 0) is 31.0 Å². The van der Waals surface area contributed by atoms with Gasteiger partial charge in [0.15, 0.2) is 10.7 Å². The Bertz CT molecular complexity index is 649. The zero-order chi connectivity index (χ0) is 14.0. The molecular weight excluding hydrogens is 264 g/mol. The first kappa shape index (κ1) is 13.2. The number of anilines is 1. The van der Waals surface area contributed by atoms with E-state index in [0.29, 0.717) is 5.69 Å². The number of aromatic carboxylic acids is 1. The number of aromatic nitrogens is 1. The SMILES string of the molecule is Cc1ccc(C)c(NC(=O)c2nc(C(=O)O)cs2)c1. The minimum Gasteiger partial charge on any atom is -0.476 e. The Labute approximate surface area is 113 Å². The zero-order valence-electron chi connectivity index (χ0n) is 10.4. The molecule has 98 valence electrons. The highest BCUT2D eigenvalue weighted by Crippen LogP contribution is 2.18. The monoisotopic (exact) mass is 276 g/mol. The van der Waals surface area contributed by atoms with Crippen LogP contribution in [-0.4, -0.2) is 22.0 Å². The minimum atomic E-state index is -1.14. The van der Waals surface area contributed by atoms with Gasteiger partial charge < -0.3 is 10.4 Å². The van der Waals surface area contributed by atoms with Crippen molar-refractivity contribution in [3.63, 3.8) is 0 Å². The maximum Gasteiger partial charge on any atom is 0.355 e. The lowest BCUT2D eigenvalue weighted by molar-refractivity contribution is 0.0691. The van der Waals surface area contributed by atoms with Crippen LogP contribution in [0.3, 0.4) is 0 Å². The van der Waals surface area contributed by atoms with Gasteiger partial charge in [0.1, 0.15) is 0 Å². The molecule has 1 aromatic heterocycles. The number of rotatable bonds is 3. The summed E-state index contributed by atoms with van der Waals surface area (Å²) in [4.78, 5) is 26.4. The maximum absolute atomic E-state index is 12.0. The highest BCUT2D eigenvalue weighted by atomic mass is 32.1. The molecule has 2 aromatic rings. The number of carboxylic acids is 1. The molecule has 2 rings (SSSR count). The van der Waals surface area contributed by atoms with Crippen molar-refractivity contribution in [2.45, 2.75) is 13.8 Å². The highest BCUT2D eigenvalue weighted by molar-refractivity contribution is 7.12. The average Bonchev–Trinajstić information content (AvgIpc) is 2.83. The van der Waals surface area contributed by atoms with Crippen LogP contribution in [0.15, 0.2) is 23.6 Å². The number of nitrogens with zero attached hydrogens (tertiary/aromatic N) is 1. The van der Waals surface area contributed by atoms with Gasteiger partial charge in [-0.1, -0.05) is 12.1 Å². The molecule has 0 atom stereocenters. The molecule has 0 fully saturated rings. The normalized spacial score (nSPS) is 10.2. The van der Waals surface area contributed by atoms with Crippen molar-refractivity contribution < 1.29 is 14.7 Å². The van der Waals surface area contributed by atoms with Gasteiger partial charge in [0.25, 0.3) is 5.91 Å². The van der Waals surface area contributed by atoms with Crippen molar-refractivity contribution in [3.05, 3.63) is 45.4 Å². The number of carboxylic acid groups (broad SMARTS) is 1. The second kappa shape index (κ2) is 5.19. The minimum absolute atomic E-state index is 0.115. The van der Waals surface area contributed by atoms with Crippen molar-refractivity contribution >= 4 is 28.9 Å². The number of benzene rings is 1. The first-order valence-electron chi connectivity index (χ1n) is 5.55. The van der Waals surface area contributed by atoms with Gasteiger partial charge >= 0.3 is 5.97 Å². The Balaban J connectivity index is 2.20. The Hall–Kier alpha value is -2.21. The van der Waals surface area contributed by atoms with Gasteiger partial charge in [0.2, 0.25) is 0 Å². The van der Waals surface area contributed by atoms with Crippen LogP contribution in [0.2, 0.25) is 0 Å². The maximum atomic E-state index is 12.0. The van der Waals surface area contributed by atoms with E-state index in [1.807, 2.05) is 32.0 Å².